The van der Waals surface area contributed by atoms with Gasteiger partial charge in [-0.15, -0.1) is 0 Å². The van der Waals surface area contributed by atoms with Gasteiger partial charge in [-0.05, 0) is 25.0 Å². The molecule has 18 heavy (non-hydrogen) atoms. The quantitative estimate of drug-likeness (QED) is 0.830. The molecular weight excluding hydrogens is 250 g/mol. The van der Waals surface area contributed by atoms with E-state index in [1.165, 1.54) is 0 Å². The molecule has 0 amide bonds. The minimum absolute atomic E-state index is 0.223. The Labute approximate surface area is 109 Å². The molecule has 1 aromatic carbocycles. The molecule has 0 saturated carbocycles. The number of aliphatic hydroxyl groups excluding tert-OH is 1. The van der Waals surface area contributed by atoms with E-state index in [-0.39, 0.29) is 10.8 Å². The molecule has 2 unspecified atom stereocenters. The Balaban J connectivity index is 3.17. The van der Waals surface area contributed by atoms with Gasteiger partial charge in [0.15, 0.2) is 0 Å². The molecule has 0 fully saturated rings. The number of rotatable bonds is 6. The van der Waals surface area contributed by atoms with Gasteiger partial charge < -0.3 is 5.11 Å². The van der Waals surface area contributed by atoms with E-state index < -0.39 is 16.1 Å². The van der Waals surface area contributed by atoms with E-state index in [0.29, 0.717) is 12.1 Å². The second kappa shape index (κ2) is 6.31. The van der Waals surface area contributed by atoms with E-state index in [2.05, 4.69) is 4.72 Å². The summed E-state index contributed by atoms with van der Waals surface area (Å²) in [6.45, 7) is 5.80. The average molecular weight is 271 g/mol. The SMILES string of the molecule is CCCNS(=O)(=O)c1ccccc1C(C)C(C)O. The topological polar surface area (TPSA) is 66.4 Å². The fraction of sp³-hybridized carbons (Fsp3) is 0.538. The van der Waals surface area contributed by atoms with Crippen LogP contribution in [0.5, 0.6) is 0 Å². The Kier molecular flexibility index (Phi) is 5.31. The Morgan fingerprint density at radius 1 is 1.28 bits per heavy atom. The number of sulfonamides is 1. The molecule has 5 heteroatoms. The van der Waals surface area contributed by atoms with Crippen molar-refractivity contribution in [2.75, 3.05) is 6.54 Å². The van der Waals surface area contributed by atoms with E-state index >= 15 is 0 Å². The monoisotopic (exact) mass is 271 g/mol. The van der Waals surface area contributed by atoms with E-state index in [9.17, 15) is 13.5 Å². The molecule has 2 N–H and O–H groups in total. The van der Waals surface area contributed by atoms with Crippen LogP contribution in [0.25, 0.3) is 0 Å². The standard InChI is InChI=1S/C13H21NO3S/c1-4-9-14-18(16,17)13-8-6-5-7-12(13)10(2)11(3)15/h5-8,10-11,14-15H,4,9H2,1-3H3. The van der Waals surface area contributed by atoms with Gasteiger partial charge in [-0.3, -0.25) is 0 Å². The van der Waals surface area contributed by atoms with Crippen LogP contribution in [0.2, 0.25) is 0 Å². The van der Waals surface area contributed by atoms with Gasteiger partial charge in [0.05, 0.1) is 11.0 Å². The number of nitrogens with one attached hydrogen (secondary N) is 1. The zero-order chi connectivity index (χ0) is 13.8. The van der Waals surface area contributed by atoms with Crippen LogP contribution in [0.15, 0.2) is 29.2 Å². The van der Waals surface area contributed by atoms with Gasteiger partial charge in [0.2, 0.25) is 10.0 Å². The third kappa shape index (κ3) is 3.54. The zero-order valence-electron chi connectivity index (χ0n) is 11.1. The van der Waals surface area contributed by atoms with Crippen LogP contribution in [0, 0.1) is 0 Å². The maximum absolute atomic E-state index is 12.1. The first-order valence-electron chi connectivity index (χ1n) is 6.16. The van der Waals surface area contributed by atoms with Crippen LogP contribution in [0.1, 0.15) is 38.7 Å². The molecule has 1 aromatic rings. The maximum atomic E-state index is 12.1. The lowest BCUT2D eigenvalue weighted by Crippen LogP contribution is -2.26. The highest BCUT2D eigenvalue weighted by Crippen LogP contribution is 2.26. The van der Waals surface area contributed by atoms with E-state index in [1.54, 1.807) is 31.2 Å². The van der Waals surface area contributed by atoms with E-state index in [1.807, 2.05) is 13.8 Å². The molecule has 1 rings (SSSR count). The van der Waals surface area contributed by atoms with Crippen LogP contribution in [0.4, 0.5) is 0 Å². The fourth-order valence-corrected chi connectivity index (χ4v) is 3.13. The Morgan fingerprint density at radius 3 is 2.44 bits per heavy atom. The highest BCUT2D eigenvalue weighted by atomic mass is 32.2. The largest absolute Gasteiger partial charge is 0.393 e. The first kappa shape index (κ1) is 15.1. The Bertz CT molecular complexity index is 483. The molecule has 0 aromatic heterocycles. The molecule has 2 atom stereocenters. The van der Waals surface area contributed by atoms with Gasteiger partial charge in [-0.2, -0.15) is 0 Å². The highest BCUT2D eigenvalue weighted by molar-refractivity contribution is 7.89. The second-order valence-electron chi connectivity index (χ2n) is 4.46. The van der Waals surface area contributed by atoms with Crippen LogP contribution in [-0.2, 0) is 10.0 Å². The Hall–Kier alpha value is -0.910. The van der Waals surface area contributed by atoms with Gasteiger partial charge >= 0.3 is 0 Å². The molecule has 0 aliphatic rings. The molecule has 0 saturated heterocycles. The van der Waals surface area contributed by atoms with Crippen molar-refractivity contribution < 1.29 is 13.5 Å². The van der Waals surface area contributed by atoms with Crippen molar-refractivity contribution in [1.82, 2.24) is 4.72 Å². The predicted molar refractivity (Wildman–Crippen MR) is 72.0 cm³/mol. The third-order valence-electron chi connectivity index (χ3n) is 2.96. The molecule has 0 aliphatic carbocycles. The van der Waals surface area contributed by atoms with Crippen molar-refractivity contribution in [2.45, 2.75) is 44.1 Å². The first-order valence-corrected chi connectivity index (χ1v) is 7.65. The second-order valence-corrected chi connectivity index (χ2v) is 6.20. The average Bonchev–Trinajstić information content (AvgIpc) is 2.35. The number of hydrogen-bond donors (Lipinski definition) is 2. The van der Waals surface area contributed by atoms with Crippen LogP contribution < -0.4 is 4.72 Å². The van der Waals surface area contributed by atoms with Crippen LogP contribution >= 0.6 is 0 Å². The normalized spacial score (nSPS) is 15.3. The minimum Gasteiger partial charge on any atom is -0.393 e. The molecule has 4 nitrogen and oxygen atoms in total. The van der Waals surface area contributed by atoms with E-state index in [4.69, 9.17) is 0 Å². The van der Waals surface area contributed by atoms with E-state index in [0.717, 1.165) is 6.42 Å². The zero-order valence-corrected chi connectivity index (χ0v) is 11.9. The van der Waals surface area contributed by atoms with Crippen molar-refractivity contribution >= 4 is 10.0 Å². The van der Waals surface area contributed by atoms with Crippen molar-refractivity contribution in [3.63, 3.8) is 0 Å². The van der Waals surface area contributed by atoms with Crippen molar-refractivity contribution in [3.8, 4) is 0 Å². The first-order chi connectivity index (χ1) is 8.40. The van der Waals surface area contributed by atoms with Crippen LogP contribution in [-0.4, -0.2) is 26.2 Å². The summed E-state index contributed by atoms with van der Waals surface area (Å²) in [5, 5.41) is 9.63. The highest BCUT2D eigenvalue weighted by Gasteiger charge is 2.22. The fourth-order valence-electron chi connectivity index (χ4n) is 1.68. The smallest absolute Gasteiger partial charge is 0.240 e. The Morgan fingerprint density at radius 2 is 1.89 bits per heavy atom. The van der Waals surface area contributed by atoms with Gasteiger partial charge in [0, 0.05) is 12.5 Å². The molecule has 0 aliphatic heterocycles. The predicted octanol–water partition coefficient (Wildman–Crippen LogP) is 1.86. The lowest BCUT2D eigenvalue weighted by molar-refractivity contribution is 0.168. The summed E-state index contributed by atoms with van der Waals surface area (Å²) >= 11 is 0. The summed E-state index contributed by atoms with van der Waals surface area (Å²) in [5.74, 6) is -0.223. The number of aliphatic hydroxyl groups is 1. The molecular formula is C13H21NO3S. The van der Waals surface area contributed by atoms with Gasteiger partial charge in [0.25, 0.3) is 0 Å². The number of benzene rings is 1. The van der Waals surface area contributed by atoms with Crippen molar-refractivity contribution in [2.24, 2.45) is 0 Å². The molecule has 0 radical (unpaired) electrons. The van der Waals surface area contributed by atoms with Crippen LogP contribution in [0.3, 0.4) is 0 Å². The summed E-state index contributed by atoms with van der Waals surface area (Å²) in [5.41, 5.74) is 0.649. The summed E-state index contributed by atoms with van der Waals surface area (Å²) in [7, 11) is -3.49. The molecule has 0 heterocycles. The minimum atomic E-state index is -3.49. The number of hydrogen-bond acceptors (Lipinski definition) is 3. The van der Waals surface area contributed by atoms with Gasteiger partial charge in [0.1, 0.15) is 0 Å². The molecule has 0 bridgehead atoms. The van der Waals surface area contributed by atoms with Gasteiger partial charge in [-0.25, -0.2) is 13.1 Å². The lowest BCUT2D eigenvalue weighted by Gasteiger charge is -2.19. The summed E-state index contributed by atoms with van der Waals surface area (Å²) in [4.78, 5) is 0.256. The maximum Gasteiger partial charge on any atom is 0.240 e. The van der Waals surface area contributed by atoms with Crippen molar-refractivity contribution in [3.05, 3.63) is 29.8 Å². The third-order valence-corrected chi connectivity index (χ3v) is 4.50. The molecule has 102 valence electrons. The summed E-state index contributed by atoms with van der Waals surface area (Å²) < 4.78 is 26.8. The summed E-state index contributed by atoms with van der Waals surface area (Å²) in [6.07, 6.45) is 0.153. The van der Waals surface area contributed by atoms with Gasteiger partial charge in [-0.1, -0.05) is 32.0 Å². The van der Waals surface area contributed by atoms with Crippen molar-refractivity contribution in [1.29, 1.82) is 0 Å². The lowest BCUT2D eigenvalue weighted by atomic mass is 9.96. The summed E-state index contributed by atoms with van der Waals surface area (Å²) in [6, 6.07) is 6.80. The molecule has 0 spiro atoms.